The van der Waals surface area contributed by atoms with Gasteiger partial charge in [0.1, 0.15) is 17.5 Å². The van der Waals surface area contributed by atoms with Crippen molar-refractivity contribution in [3.63, 3.8) is 0 Å². The highest BCUT2D eigenvalue weighted by Gasteiger charge is 2.32. The number of hydrogen-bond donors (Lipinski definition) is 1. The third-order valence-electron chi connectivity index (χ3n) is 4.39. The van der Waals surface area contributed by atoms with Gasteiger partial charge in [-0.05, 0) is 37.1 Å². The molecule has 1 aromatic heterocycles. The number of ether oxygens (including phenoxy) is 2. The molecular weight excluding hydrogens is 389 g/mol. The zero-order valence-corrected chi connectivity index (χ0v) is 16.0. The summed E-state index contributed by atoms with van der Waals surface area (Å²) < 4.78 is 51.6. The number of benzene rings is 1. The first-order chi connectivity index (χ1) is 13.3. The van der Waals surface area contributed by atoms with Gasteiger partial charge in [-0.15, -0.1) is 0 Å². The van der Waals surface area contributed by atoms with Crippen LogP contribution in [0.15, 0.2) is 41.4 Å². The summed E-state index contributed by atoms with van der Waals surface area (Å²) in [6.45, 7) is 0.406. The van der Waals surface area contributed by atoms with E-state index in [0.717, 1.165) is 6.07 Å². The summed E-state index contributed by atoms with van der Waals surface area (Å²) in [7, 11) is -2.58. The fourth-order valence-corrected chi connectivity index (χ4v) is 4.51. The van der Waals surface area contributed by atoms with Crippen LogP contribution in [0.1, 0.15) is 23.3 Å². The molecule has 1 unspecified atom stereocenters. The van der Waals surface area contributed by atoms with Crippen LogP contribution in [-0.4, -0.2) is 49.9 Å². The smallest absolute Gasteiger partial charge is 0.267 e. The fraction of sp³-hybridized carbons (Fsp3) is 0.333. The number of pyridine rings is 1. The molecule has 2 N–H and O–H groups in total. The lowest BCUT2D eigenvalue weighted by Gasteiger charge is -2.32. The lowest BCUT2D eigenvalue weighted by atomic mass is 10.1. The minimum absolute atomic E-state index is 0.0262. The second-order valence-electron chi connectivity index (χ2n) is 6.28. The molecule has 1 amide bonds. The Balaban J connectivity index is 1.76. The van der Waals surface area contributed by atoms with Crippen molar-refractivity contribution >= 4 is 15.9 Å². The van der Waals surface area contributed by atoms with Gasteiger partial charge in [0.2, 0.25) is 10.0 Å². The zero-order valence-electron chi connectivity index (χ0n) is 15.2. The number of methoxy groups -OCH3 is 1. The molecule has 10 heteroatoms. The summed E-state index contributed by atoms with van der Waals surface area (Å²) >= 11 is 0. The van der Waals surface area contributed by atoms with E-state index in [-0.39, 0.29) is 22.9 Å². The molecule has 1 aliphatic heterocycles. The molecule has 1 saturated heterocycles. The third kappa shape index (κ3) is 4.23. The number of rotatable bonds is 6. The highest BCUT2D eigenvalue weighted by Crippen LogP contribution is 2.26. The molecule has 150 valence electrons. The molecule has 0 saturated carbocycles. The maximum absolute atomic E-state index is 13.9. The van der Waals surface area contributed by atoms with Crippen LogP contribution < -0.4 is 15.2 Å². The Hall–Kier alpha value is -2.72. The van der Waals surface area contributed by atoms with Gasteiger partial charge >= 0.3 is 0 Å². The monoisotopic (exact) mass is 409 g/mol. The normalized spacial score (nSPS) is 17.9. The topological polar surface area (TPSA) is 112 Å². The van der Waals surface area contributed by atoms with Gasteiger partial charge in [-0.2, -0.15) is 4.31 Å². The molecule has 0 bridgehead atoms. The van der Waals surface area contributed by atoms with E-state index in [1.807, 2.05) is 0 Å². The quantitative estimate of drug-likeness (QED) is 0.775. The minimum atomic E-state index is -3.88. The van der Waals surface area contributed by atoms with Crippen LogP contribution in [0.4, 0.5) is 4.39 Å². The number of aromatic nitrogens is 1. The van der Waals surface area contributed by atoms with Crippen molar-refractivity contribution in [3.05, 3.63) is 48.0 Å². The predicted molar refractivity (Wildman–Crippen MR) is 98.1 cm³/mol. The Morgan fingerprint density at radius 3 is 2.79 bits per heavy atom. The number of amides is 1. The van der Waals surface area contributed by atoms with Gasteiger partial charge in [-0.1, -0.05) is 0 Å². The Morgan fingerprint density at radius 2 is 2.11 bits per heavy atom. The molecule has 0 aliphatic carbocycles. The third-order valence-corrected chi connectivity index (χ3v) is 6.25. The number of hydrogen-bond acceptors (Lipinski definition) is 6. The van der Waals surface area contributed by atoms with Crippen LogP contribution >= 0.6 is 0 Å². The lowest BCUT2D eigenvalue weighted by molar-refractivity contribution is 0.0993. The number of sulfonamides is 1. The number of nitrogens with two attached hydrogens (primary N) is 1. The Kier molecular flexibility index (Phi) is 5.80. The molecule has 3 rings (SSSR count). The number of primary amides is 1. The summed E-state index contributed by atoms with van der Waals surface area (Å²) in [4.78, 5) is 14.9. The number of carbonyl (C=O) groups excluding carboxylic acids is 1. The molecule has 1 aliphatic rings. The van der Waals surface area contributed by atoms with Crippen molar-refractivity contribution < 1.29 is 27.1 Å². The van der Waals surface area contributed by atoms with Gasteiger partial charge < -0.3 is 15.2 Å². The molecule has 8 nitrogen and oxygen atoms in total. The van der Waals surface area contributed by atoms with Crippen molar-refractivity contribution in [1.82, 2.24) is 9.29 Å². The van der Waals surface area contributed by atoms with E-state index in [1.165, 1.54) is 35.8 Å². The minimum Gasteiger partial charge on any atom is -0.494 e. The first-order valence-electron chi connectivity index (χ1n) is 8.57. The second kappa shape index (κ2) is 8.11. The van der Waals surface area contributed by atoms with Gasteiger partial charge in [-0.25, -0.2) is 12.8 Å². The number of nitrogens with zero attached hydrogens (tertiary/aromatic N) is 2. The first kappa shape index (κ1) is 20.0. The van der Waals surface area contributed by atoms with E-state index >= 15 is 0 Å². The molecular formula is C18H20FN3O5S. The molecule has 0 spiro atoms. The highest BCUT2D eigenvalue weighted by molar-refractivity contribution is 7.89. The molecule has 1 fully saturated rings. The van der Waals surface area contributed by atoms with E-state index in [0.29, 0.717) is 25.1 Å². The van der Waals surface area contributed by atoms with Crippen LogP contribution in [0.5, 0.6) is 11.5 Å². The summed E-state index contributed by atoms with van der Waals surface area (Å²) in [5.41, 5.74) is 5.27. The molecule has 28 heavy (non-hydrogen) atoms. The second-order valence-corrected chi connectivity index (χ2v) is 8.22. The summed E-state index contributed by atoms with van der Waals surface area (Å²) in [5.74, 6) is -1.07. The van der Waals surface area contributed by atoms with Crippen LogP contribution in [0.2, 0.25) is 0 Å². The van der Waals surface area contributed by atoms with E-state index in [4.69, 9.17) is 15.2 Å². The van der Waals surface area contributed by atoms with Crippen molar-refractivity contribution in [2.75, 3.05) is 20.2 Å². The van der Waals surface area contributed by atoms with Gasteiger partial charge in [0.05, 0.1) is 18.6 Å². The Labute approximate surface area is 162 Å². The summed E-state index contributed by atoms with van der Waals surface area (Å²) in [6.07, 6.45) is 2.19. The van der Waals surface area contributed by atoms with E-state index in [2.05, 4.69) is 4.98 Å². The average molecular weight is 409 g/mol. The fourth-order valence-electron chi connectivity index (χ4n) is 2.99. The van der Waals surface area contributed by atoms with Crippen LogP contribution in [0, 0.1) is 5.82 Å². The first-order valence-corrected chi connectivity index (χ1v) is 10.0. The van der Waals surface area contributed by atoms with Crippen LogP contribution in [-0.2, 0) is 10.0 Å². The lowest BCUT2D eigenvalue weighted by Crippen LogP contribution is -2.44. The van der Waals surface area contributed by atoms with Crippen molar-refractivity contribution in [1.29, 1.82) is 0 Å². The SMILES string of the molecule is COc1ccc(S(=O)(=O)N2CCCC(Oc3ccnc(C(N)=O)c3)C2)cc1F. The van der Waals surface area contributed by atoms with Gasteiger partial charge in [0.25, 0.3) is 5.91 Å². The van der Waals surface area contributed by atoms with Crippen molar-refractivity contribution in [3.8, 4) is 11.5 Å². The van der Waals surface area contributed by atoms with Crippen molar-refractivity contribution in [2.45, 2.75) is 23.8 Å². The number of piperidine rings is 1. The standard InChI is InChI=1S/C18H20FN3O5S/c1-26-17-5-4-14(10-15(17)19)28(24,25)22-8-2-3-13(11-22)27-12-6-7-21-16(9-12)18(20)23/h4-7,9-10,13H,2-3,8,11H2,1H3,(H2,20,23). The maximum Gasteiger partial charge on any atom is 0.267 e. The van der Waals surface area contributed by atoms with Gasteiger partial charge in [0.15, 0.2) is 11.6 Å². The predicted octanol–water partition coefficient (Wildman–Crippen LogP) is 1.56. The largest absolute Gasteiger partial charge is 0.494 e. The summed E-state index contributed by atoms with van der Waals surface area (Å²) in [5, 5.41) is 0. The Morgan fingerprint density at radius 1 is 1.32 bits per heavy atom. The molecule has 1 aromatic carbocycles. The maximum atomic E-state index is 13.9. The number of carbonyl (C=O) groups is 1. The van der Waals surface area contributed by atoms with Gasteiger partial charge in [0, 0.05) is 18.8 Å². The molecule has 2 heterocycles. The summed E-state index contributed by atoms with van der Waals surface area (Å²) in [6, 6.07) is 6.51. The average Bonchev–Trinajstić information content (AvgIpc) is 2.68. The Bertz CT molecular complexity index is 983. The molecule has 2 aromatic rings. The number of halogens is 1. The highest BCUT2D eigenvalue weighted by atomic mass is 32.2. The molecule has 1 atom stereocenters. The molecule has 0 radical (unpaired) electrons. The van der Waals surface area contributed by atoms with Crippen LogP contribution in [0.3, 0.4) is 0 Å². The van der Waals surface area contributed by atoms with E-state index < -0.39 is 27.9 Å². The van der Waals surface area contributed by atoms with Crippen LogP contribution in [0.25, 0.3) is 0 Å². The van der Waals surface area contributed by atoms with E-state index in [9.17, 15) is 17.6 Å². The zero-order chi connectivity index (χ0) is 20.3. The van der Waals surface area contributed by atoms with Crippen molar-refractivity contribution in [2.24, 2.45) is 5.73 Å². The van der Waals surface area contributed by atoms with Gasteiger partial charge in [-0.3, -0.25) is 9.78 Å². The van der Waals surface area contributed by atoms with E-state index in [1.54, 1.807) is 6.07 Å².